The smallest absolute Gasteiger partial charge is 0.308 e. The molecular weight excluding hydrogens is 276 g/mol. The van der Waals surface area contributed by atoms with Crippen LogP contribution in [-0.4, -0.2) is 15.3 Å². The van der Waals surface area contributed by atoms with Crippen molar-refractivity contribution in [3.05, 3.63) is 0 Å². The van der Waals surface area contributed by atoms with Crippen molar-refractivity contribution in [3.8, 4) is 0 Å². The van der Waals surface area contributed by atoms with E-state index < -0.39 is 0 Å². The number of halogens is 2. The van der Waals surface area contributed by atoms with E-state index in [1.807, 2.05) is 13.8 Å². The fraction of sp³-hybridized carbons (Fsp3) is 0.857. The molecule has 1 aliphatic carbocycles. The molecule has 0 aromatic heterocycles. The third kappa shape index (κ3) is 2.44. The van der Waals surface area contributed by atoms with Gasteiger partial charge in [0.2, 0.25) is 0 Å². The van der Waals surface area contributed by atoms with Crippen LogP contribution in [0.15, 0.2) is 0 Å². The number of rotatable bonds is 2. The summed E-state index contributed by atoms with van der Waals surface area (Å²) < 4.78 is 4.97. The number of ether oxygens (including phenoxy) is 1. The first-order valence-corrected chi connectivity index (χ1v) is 5.10. The van der Waals surface area contributed by atoms with Gasteiger partial charge in [0.1, 0.15) is 9.34 Å². The second-order valence-corrected chi connectivity index (χ2v) is 6.94. The highest BCUT2D eigenvalue weighted by Gasteiger charge is 2.53. The highest BCUT2D eigenvalue weighted by Crippen LogP contribution is 2.52. The van der Waals surface area contributed by atoms with Gasteiger partial charge in [-0.3, -0.25) is 4.79 Å². The van der Waals surface area contributed by atoms with Gasteiger partial charge in [0.25, 0.3) is 0 Å². The van der Waals surface area contributed by atoms with Crippen molar-refractivity contribution in [1.29, 1.82) is 0 Å². The van der Waals surface area contributed by atoms with Crippen molar-refractivity contribution >= 4 is 37.8 Å². The molecule has 0 amide bonds. The Kier molecular flexibility index (Phi) is 2.64. The lowest BCUT2D eigenvalue weighted by atomic mass is 10.2. The van der Waals surface area contributed by atoms with E-state index in [4.69, 9.17) is 4.74 Å². The fourth-order valence-electron chi connectivity index (χ4n) is 0.592. The number of hydrogen-bond acceptors (Lipinski definition) is 2. The number of esters is 1. The number of hydrogen-bond donors (Lipinski definition) is 0. The van der Waals surface area contributed by atoms with Gasteiger partial charge in [-0.15, -0.1) is 0 Å². The Labute approximate surface area is 82.9 Å². The van der Waals surface area contributed by atoms with E-state index in [2.05, 4.69) is 31.9 Å². The Balaban J connectivity index is 2.29. The predicted molar refractivity (Wildman–Crippen MR) is 49.9 cm³/mol. The standard InChI is InChI=1S/C7H10Br2O2/c1-4(2)6(10)11-5-3-7(5,8)9/h4-5H,3H2,1-2H3. The molecule has 1 fully saturated rings. The van der Waals surface area contributed by atoms with Gasteiger partial charge < -0.3 is 4.74 Å². The van der Waals surface area contributed by atoms with Gasteiger partial charge >= 0.3 is 5.97 Å². The van der Waals surface area contributed by atoms with Crippen molar-refractivity contribution in [2.24, 2.45) is 5.92 Å². The molecule has 0 radical (unpaired) electrons. The van der Waals surface area contributed by atoms with Crippen LogP contribution in [0.1, 0.15) is 20.3 Å². The molecule has 0 aliphatic heterocycles. The summed E-state index contributed by atoms with van der Waals surface area (Å²) in [5.41, 5.74) is 0. The van der Waals surface area contributed by atoms with Crippen LogP contribution in [0.3, 0.4) is 0 Å². The zero-order chi connectivity index (χ0) is 8.65. The lowest BCUT2D eigenvalue weighted by molar-refractivity contribution is -0.148. The molecular formula is C7H10Br2O2. The summed E-state index contributed by atoms with van der Waals surface area (Å²) in [4.78, 5) is 11.0. The maximum Gasteiger partial charge on any atom is 0.308 e. The zero-order valence-corrected chi connectivity index (χ0v) is 9.61. The number of carbonyl (C=O) groups excluding carboxylic acids is 1. The molecule has 0 saturated heterocycles. The molecule has 4 heteroatoms. The van der Waals surface area contributed by atoms with Crippen LogP contribution < -0.4 is 0 Å². The monoisotopic (exact) mass is 284 g/mol. The van der Waals surface area contributed by atoms with Crippen LogP contribution in [0.4, 0.5) is 0 Å². The van der Waals surface area contributed by atoms with Crippen LogP contribution in [0, 0.1) is 5.92 Å². The lowest BCUT2D eigenvalue weighted by Crippen LogP contribution is -2.15. The molecule has 1 saturated carbocycles. The number of alkyl halides is 2. The van der Waals surface area contributed by atoms with Crippen LogP contribution in [-0.2, 0) is 9.53 Å². The van der Waals surface area contributed by atoms with E-state index in [9.17, 15) is 4.79 Å². The van der Waals surface area contributed by atoms with Gasteiger partial charge in [-0.2, -0.15) is 0 Å². The topological polar surface area (TPSA) is 26.3 Å². The maximum absolute atomic E-state index is 11.0. The SMILES string of the molecule is CC(C)C(=O)OC1CC1(Br)Br. The van der Waals surface area contributed by atoms with Gasteiger partial charge in [0.15, 0.2) is 0 Å². The molecule has 0 aromatic rings. The predicted octanol–water partition coefficient (Wildman–Crippen LogP) is 2.44. The van der Waals surface area contributed by atoms with E-state index >= 15 is 0 Å². The summed E-state index contributed by atoms with van der Waals surface area (Å²) >= 11 is 6.74. The second kappa shape index (κ2) is 3.05. The van der Waals surface area contributed by atoms with Crippen LogP contribution in [0.5, 0.6) is 0 Å². The average Bonchev–Trinajstić information content (AvgIpc) is 2.39. The summed E-state index contributed by atoms with van der Waals surface area (Å²) in [6.45, 7) is 3.66. The van der Waals surface area contributed by atoms with Crippen molar-refractivity contribution in [2.75, 3.05) is 0 Å². The highest BCUT2D eigenvalue weighted by molar-refractivity contribution is 9.25. The molecule has 0 aromatic carbocycles. The molecule has 1 atom stereocenters. The molecule has 11 heavy (non-hydrogen) atoms. The first-order valence-electron chi connectivity index (χ1n) is 3.52. The molecule has 64 valence electrons. The van der Waals surface area contributed by atoms with Gasteiger partial charge in [-0.1, -0.05) is 45.7 Å². The minimum Gasteiger partial charge on any atom is -0.460 e. The van der Waals surface area contributed by atoms with E-state index in [0.29, 0.717) is 0 Å². The molecule has 0 bridgehead atoms. The van der Waals surface area contributed by atoms with Crippen molar-refractivity contribution < 1.29 is 9.53 Å². The van der Waals surface area contributed by atoms with E-state index in [1.165, 1.54) is 0 Å². The van der Waals surface area contributed by atoms with E-state index in [1.54, 1.807) is 0 Å². The van der Waals surface area contributed by atoms with Crippen LogP contribution in [0.2, 0.25) is 0 Å². The van der Waals surface area contributed by atoms with Crippen LogP contribution >= 0.6 is 31.9 Å². The first-order chi connectivity index (χ1) is 4.93. The first kappa shape index (κ1) is 9.52. The molecule has 2 nitrogen and oxygen atoms in total. The Morgan fingerprint density at radius 1 is 1.64 bits per heavy atom. The Morgan fingerprint density at radius 3 is 2.36 bits per heavy atom. The summed E-state index contributed by atoms with van der Waals surface area (Å²) in [6, 6.07) is 0. The number of carbonyl (C=O) groups is 1. The zero-order valence-electron chi connectivity index (χ0n) is 6.43. The largest absolute Gasteiger partial charge is 0.460 e. The average molecular weight is 286 g/mol. The van der Waals surface area contributed by atoms with Crippen LogP contribution in [0.25, 0.3) is 0 Å². The van der Waals surface area contributed by atoms with E-state index in [-0.39, 0.29) is 21.2 Å². The van der Waals surface area contributed by atoms with Gasteiger partial charge in [-0.05, 0) is 0 Å². The summed E-state index contributed by atoms with van der Waals surface area (Å²) in [7, 11) is 0. The normalized spacial score (nSPS) is 26.8. The van der Waals surface area contributed by atoms with Crippen molar-refractivity contribution in [2.45, 2.75) is 29.6 Å². The third-order valence-corrected chi connectivity index (χ3v) is 3.17. The summed E-state index contributed by atoms with van der Waals surface area (Å²) in [5, 5.41) is 0. The molecule has 0 spiro atoms. The molecule has 0 N–H and O–H groups in total. The van der Waals surface area contributed by atoms with Gasteiger partial charge in [0, 0.05) is 6.42 Å². The minimum atomic E-state index is -0.134. The van der Waals surface area contributed by atoms with E-state index in [0.717, 1.165) is 6.42 Å². The minimum absolute atomic E-state index is 0.0115. The maximum atomic E-state index is 11.0. The molecule has 0 heterocycles. The Hall–Kier alpha value is 0.430. The molecule has 1 rings (SSSR count). The van der Waals surface area contributed by atoms with Gasteiger partial charge in [0.05, 0.1) is 5.92 Å². The summed E-state index contributed by atoms with van der Waals surface area (Å²) in [6.07, 6.45) is 0.864. The van der Waals surface area contributed by atoms with Gasteiger partial charge in [-0.25, -0.2) is 0 Å². The lowest BCUT2D eigenvalue weighted by Gasteiger charge is -2.06. The molecule has 1 unspecified atom stereocenters. The fourth-order valence-corrected chi connectivity index (χ4v) is 1.37. The Bertz CT molecular complexity index is 177. The van der Waals surface area contributed by atoms with Crippen molar-refractivity contribution in [1.82, 2.24) is 0 Å². The van der Waals surface area contributed by atoms with Crippen molar-refractivity contribution in [3.63, 3.8) is 0 Å². The third-order valence-electron chi connectivity index (χ3n) is 1.50. The summed E-state index contributed by atoms with van der Waals surface area (Å²) in [5.74, 6) is -0.165. The Morgan fingerprint density at radius 2 is 2.09 bits per heavy atom. The molecule has 1 aliphatic rings. The second-order valence-electron chi connectivity index (χ2n) is 3.05. The quantitative estimate of drug-likeness (QED) is 0.575. The highest BCUT2D eigenvalue weighted by atomic mass is 79.9.